The Hall–Kier alpha value is -1.71. The van der Waals surface area contributed by atoms with E-state index in [2.05, 4.69) is 13.8 Å². The fourth-order valence-corrected chi connectivity index (χ4v) is 3.08. The zero-order chi connectivity index (χ0) is 14.7. The number of nitrogens with two attached hydrogens (primary N) is 1. The monoisotopic (exact) mass is 277 g/mol. The van der Waals surface area contributed by atoms with E-state index in [0.717, 1.165) is 12.8 Å². The average molecular weight is 277 g/mol. The Balaban J connectivity index is 2.15. The summed E-state index contributed by atoms with van der Waals surface area (Å²) in [5.41, 5.74) is 6.75. The van der Waals surface area contributed by atoms with Crippen LogP contribution in [0.5, 0.6) is 5.75 Å². The molecule has 2 atom stereocenters. The summed E-state index contributed by atoms with van der Waals surface area (Å²) in [7, 11) is 1.35. The minimum atomic E-state index is -0.432. The molecule has 0 spiro atoms. The number of rotatable bonds is 3. The molecule has 1 aliphatic carbocycles. The van der Waals surface area contributed by atoms with Crippen LogP contribution in [-0.2, 0) is 4.74 Å². The van der Waals surface area contributed by atoms with Crippen LogP contribution in [-0.4, -0.2) is 19.2 Å². The van der Waals surface area contributed by atoms with Crippen LogP contribution in [0.15, 0.2) is 18.2 Å². The number of hydrogen-bond donors (Lipinski definition) is 1. The molecule has 0 aliphatic heterocycles. The third-order valence-electron chi connectivity index (χ3n) is 3.90. The molecular weight excluding hydrogens is 254 g/mol. The summed E-state index contributed by atoms with van der Waals surface area (Å²) in [6.45, 7) is 4.50. The van der Waals surface area contributed by atoms with Gasteiger partial charge in [0.25, 0.3) is 0 Å². The summed E-state index contributed by atoms with van der Waals surface area (Å²) in [4.78, 5) is 11.6. The summed E-state index contributed by atoms with van der Waals surface area (Å²) in [5, 5.41) is 0. The van der Waals surface area contributed by atoms with E-state index < -0.39 is 5.97 Å². The van der Waals surface area contributed by atoms with Crippen molar-refractivity contribution < 1.29 is 14.3 Å². The Bertz CT molecular complexity index is 477. The van der Waals surface area contributed by atoms with Gasteiger partial charge in [0.05, 0.1) is 24.5 Å². The van der Waals surface area contributed by atoms with Crippen molar-refractivity contribution in [3.63, 3.8) is 0 Å². The molecule has 110 valence electrons. The first-order valence-electron chi connectivity index (χ1n) is 7.14. The summed E-state index contributed by atoms with van der Waals surface area (Å²) in [6.07, 6.45) is 3.49. The lowest BCUT2D eigenvalue weighted by atomic mass is 9.82. The molecule has 1 aliphatic rings. The molecule has 1 aromatic rings. The van der Waals surface area contributed by atoms with Gasteiger partial charge in [-0.3, -0.25) is 0 Å². The van der Waals surface area contributed by atoms with E-state index in [1.54, 1.807) is 12.1 Å². The predicted molar refractivity (Wildman–Crippen MR) is 78.8 cm³/mol. The van der Waals surface area contributed by atoms with Crippen molar-refractivity contribution in [2.24, 2.45) is 11.8 Å². The molecule has 1 fully saturated rings. The van der Waals surface area contributed by atoms with Gasteiger partial charge in [0.1, 0.15) is 5.75 Å². The van der Waals surface area contributed by atoms with Crippen molar-refractivity contribution in [1.82, 2.24) is 0 Å². The van der Waals surface area contributed by atoms with E-state index in [-0.39, 0.29) is 6.10 Å². The molecule has 2 N–H and O–H groups in total. The first kappa shape index (κ1) is 14.7. The number of ether oxygens (including phenoxy) is 2. The van der Waals surface area contributed by atoms with Crippen LogP contribution in [0.25, 0.3) is 0 Å². The summed E-state index contributed by atoms with van der Waals surface area (Å²) in [6, 6.07) is 5.24. The second-order valence-electron chi connectivity index (χ2n) is 5.87. The predicted octanol–water partition coefficient (Wildman–Crippen LogP) is 3.26. The molecule has 0 heterocycles. The largest absolute Gasteiger partial charge is 0.488 e. The first-order valence-corrected chi connectivity index (χ1v) is 7.14. The van der Waals surface area contributed by atoms with E-state index in [9.17, 15) is 4.79 Å². The molecule has 0 radical (unpaired) electrons. The lowest BCUT2D eigenvalue weighted by molar-refractivity contribution is 0.0600. The Kier molecular flexibility index (Phi) is 4.53. The molecule has 0 saturated heterocycles. The van der Waals surface area contributed by atoms with Gasteiger partial charge in [-0.25, -0.2) is 4.79 Å². The smallest absolute Gasteiger partial charge is 0.340 e. The Morgan fingerprint density at radius 2 is 1.85 bits per heavy atom. The van der Waals surface area contributed by atoms with E-state index in [1.807, 2.05) is 6.07 Å². The van der Waals surface area contributed by atoms with Crippen LogP contribution in [0.4, 0.5) is 5.69 Å². The van der Waals surface area contributed by atoms with Gasteiger partial charge in [0.2, 0.25) is 0 Å². The van der Waals surface area contributed by atoms with Crippen molar-refractivity contribution in [3.8, 4) is 5.75 Å². The topological polar surface area (TPSA) is 61.5 Å². The van der Waals surface area contributed by atoms with Crippen molar-refractivity contribution in [3.05, 3.63) is 23.8 Å². The number of carbonyl (C=O) groups is 1. The molecule has 1 aromatic carbocycles. The first-order chi connectivity index (χ1) is 9.51. The minimum absolute atomic E-state index is 0.170. The maximum Gasteiger partial charge on any atom is 0.340 e. The van der Waals surface area contributed by atoms with Gasteiger partial charge in [0.15, 0.2) is 0 Å². The number of nitrogen functional groups attached to an aromatic ring is 1. The average Bonchev–Trinajstić information content (AvgIpc) is 2.39. The van der Waals surface area contributed by atoms with Gasteiger partial charge in [-0.05, 0) is 43.2 Å². The summed E-state index contributed by atoms with van der Waals surface area (Å²) in [5.74, 6) is 1.47. The van der Waals surface area contributed by atoms with E-state index in [1.165, 1.54) is 13.5 Å². The molecule has 0 amide bonds. The second kappa shape index (κ2) is 6.16. The van der Waals surface area contributed by atoms with Crippen LogP contribution in [0.1, 0.15) is 43.5 Å². The van der Waals surface area contributed by atoms with Gasteiger partial charge in [-0.15, -0.1) is 0 Å². The van der Waals surface area contributed by atoms with Crippen LogP contribution >= 0.6 is 0 Å². The number of benzene rings is 1. The van der Waals surface area contributed by atoms with Gasteiger partial charge in [0, 0.05) is 0 Å². The number of carbonyl (C=O) groups excluding carboxylic acids is 1. The molecule has 1 saturated carbocycles. The quantitative estimate of drug-likeness (QED) is 0.680. The molecule has 20 heavy (non-hydrogen) atoms. The van der Waals surface area contributed by atoms with E-state index in [0.29, 0.717) is 28.8 Å². The molecule has 4 nitrogen and oxygen atoms in total. The van der Waals surface area contributed by atoms with Crippen molar-refractivity contribution in [2.45, 2.75) is 39.2 Å². The molecule has 0 aromatic heterocycles. The van der Waals surface area contributed by atoms with E-state index >= 15 is 0 Å². The number of methoxy groups -OCH3 is 1. The minimum Gasteiger partial charge on any atom is -0.488 e. The van der Waals surface area contributed by atoms with Crippen LogP contribution < -0.4 is 10.5 Å². The Morgan fingerprint density at radius 1 is 1.20 bits per heavy atom. The highest BCUT2D eigenvalue weighted by molar-refractivity contribution is 5.96. The van der Waals surface area contributed by atoms with Gasteiger partial charge >= 0.3 is 5.97 Å². The standard InChI is InChI=1S/C16H23NO3/c1-10-7-11(2)9-12(8-10)20-14-6-4-5-13(15(14)17)16(18)19-3/h4-6,10-12H,7-9,17H2,1-3H3. The highest BCUT2D eigenvalue weighted by atomic mass is 16.5. The van der Waals surface area contributed by atoms with Gasteiger partial charge < -0.3 is 15.2 Å². The molecule has 0 bridgehead atoms. The SMILES string of the molecule is COC(=O)c1cccc(OC2CC(C)CC(C)C2)c1N. The number of esters is 1. The van der Waals surface area contributed by atoms with Gasteiger partial charge in [-0.2, -0.15) is 0 Å². The zero-order valence-corrected chi connectivity index (χ0v) is 12.4. The number of para-hydroxylation sites is 1. The lowest BCUT2D eigenvalue weighted by Crippen LogP contribution is -2.28. The summed E-state index contributed by atoms with van der Waals surface area (Å²) < 4.78 is 10.8. The van der Waals surface area contributed by atoms with Crippen molar-refractivity contribution in [2.75, 3.05) is 12.8 Å². The fourth-order valence-electron chi connectivity index (χ4n) is 3.08. The Morgan fingerprint density at radius 3 is 2.45 bits per heavy atom. The second-order valence-corrected chi connectivity index (χ2v) is 5.87. The maximum absolute atomic E-state index is 11.6. The number of anilines is 1. The van der Waals surface area contributed by atoms with Crippen LogP contribution in [0, 0.1) is 11.8 Å². The number of hydrogen-bond acceptors (Lipinski definition) is 4. The maximum atomic E-state index is 11.6. The molecule has 2 rings (SSSR count). The van der Waals surface area contributed by atoms with Crippen LogP contribution in [0.2, 0.25) is 0 Å². The third kappa shape index (κ3) is 3.24. The third-order valence-corrected chi connectivity index (χ3v) is 3.90. The van der Waals surface area contributed by atoms with Gasteiger partial charge in [-0.1, -0.05) is 19.9 Å². The van der Waals surface area contributed by atoms with E-state index in [4.69, 9.17) is 15.2 Å². The van der Waals surface area contributed by atoms with Crippen molar-refractivity contribution >= 4 is 11.7 Å². The van der Waals surface area contributed by atoms with Crippen molar-refractivity contribution in [1.29, 1.82) is 0 Å². The fraction of sp³-hybridized carbons (Fsp3) is 0.562. The zero-order valence-electron chi connectivity index (χ0n) is 12.4. The molecule has 4 heteroatoms. The highest BCUT2D eigenvalue weighted by Crippen LogP contribution is 2.34. The molecular formula is C16H23NO3. The lowest BCUT2D eigenvalue weighted by Gasteiger charge is -2.32. The molecule has 2 unspecified atom stereocenters. The summed E-state index contributed by atoms with van der Waals surface area (Å²) >= 11 is 0. The highest BCUT2D eigenvalue weighted by Gasteiger charge is 2.26. The Labute approximate surface area is 120 Å². The van der Waals surface area contributed by atoms with Crippen LogP contribution in [0.3, 0.4) is 0 Å². The normalized spacial score (nSPS) is 26.1.